The summed E-state index contributed by atoms with van der Waals surface area (Å²) < 4.78 is 37.3. The second kappa shape index (κ2) is 4.40. The van der Waals surface area contributed by atoms with Crippen molar-refractivity contribution in [1.29, 1.82) is 0 Å². The molecule has 0 unspecified atom stereocenters. The first-order valence-electron chi connectivity index (χ1n) is 4.18. The Balaban J connectivity index is 3.44. The predicted molar refractivity (Wildman–Crippen MR) is 55.5 cm³/mol. The van der Waals surface area contributed by atoms with Crippen LogP contribution in [0.2, 0.25) is 0 Å². The van der Waals surface area contributed by atoms with E-state index in [1.54, 1.807) is 0 Å². The van der Waals surface area contributed by atoms with Crippen LogP contribution in [0, 0.1) is 17.0 Å². The molecule has 0 aromatic heterocycles. The van der Waals surface area contributed by atoms with Gasteiger partial charge in [0.1, 0.15) is 0 Å². The summed E-state index contributed by atoms with van der Waals surface area (Å²) in [6.45, 7) is 1.29. The lowest BCUT2D eigenvalue weighted by Gasteiger charge is -2.10. The molecule has 0 fully saturated rings. The minimum absolute atomic E-state index is 0.00801. The van der Waals surface area contributed by atoms with Gasteiger partial charge in [0.2, 0.25) is 0 Å². The lowest BCUT2D eigenvalue weighted by atomic mass is 10.0. The molecule has 88 valence electrons. The molecule has 0 saturated carbocycles. The van der Waals surface area contributed by atoms with Crippen molar-refractivity contribution in [2.24, 2.45) is 0 Å². The SMILES string of the molecule is Cc1cc(C(F)(F)F)cc(CBr)c1[N+](=O)[O-]. The third-order valence-electron chi connectivity index (χ3n) is 2.03. The van der Waals surface area contributed by atoms with Crippen LogP contribution in [0.5, 0.6) is 0 Å². The molecule has 0 aliphatic rings. The molecule has 1 rings (SSSR count). The molecular weight excluding hydrogens is 291 g/mol. The summed E-state index contributed by atoms with van der Waals surface area (Å²) in [5, 5.41) is 10.7. The van der Waals surface area contributed by atoms with E-state index in [4.69, 9.17) is 0 Å². The summed E-state index contributed by atoms with van der Waals surface area (Å²) in [5.74, 6) is 0. The van der Waals surface area contributed by atoms with Crippen molar-refractivity contribution in [2.45, 2.75) is 18.4 Å². The number of benzene rings is 1. The minimum Gasteiger partial charge on any atom is -0.258 e. The molecule has 0 saturated heterocycles. The van der Waals surface area contributed by atoms with Crippen molar-refractivity contribution in [3.8, 4) is 0 Å². The van der Waals surface area contributed by atoms with Gasteiger partial charge in [0, 0.05) is 16.5 Å². The van der Waals surface area contributed by atoms with Gasteiger partial charge in [-0.05, 0) is 19.1 Å². The van der Waals surface area contributed by atoms with E-state index < -0.39 is 16.7 Å². The second-order valence-corrected chi connectivity index (χ2v) is 3.75. The number of hydrogen-bond donors (Lipinski definition) is 0. The molecule has 0 N–H and O–H groups in total. The molecular formula is C9H7BrF3NO2. The number of aryl methyl sites for hydroxylation is 1. The maximum absolute atomic E-state index is 12.4. The fourth-order valence-corrected chi connectivity index (χ4v) is 1.81. The van der Waals surface area contributed by atoms with Gasteiger partial charge in [0.05, 0.1) is 10.5 Å². The van der Waals surface area contributed by atoms with E-state index in [2.05, 4.69) is 15.9 Å². The molecule has 0 amide bonds. The maximum Gasteiger partial charge on any atom is 0.416 e. The van der Waals surface area contributed by atoms with Gasteiger partial charge in [-0.3, -0.25) is 10.1 Å². The Morgan fingerprint density at radius 1 is 1.44 bits per heavy atom. The maximum atomic E-state index is 12.4. The van der Waals surface area contributed by atoms with Gasteiger partial charge in [-0.2, -0.15) is 13.2 Å². The van der Waals surface area contributed by atoms with Gasteiger partial charge in [0.15, 0.2) is 0 Å². The molecule has 0 heterocycles. The van der Waals surface area contributed by atoms with Crippen LogP contribution >= 0.6 is 15.9 Å². The van der Waals surface area contributed by atoms with E-state index in [0.29, 0.717) is 0 Å². The highest BCUT2D eigenvalue weighted by molar-refractivity contribution is 9.08. The van der Waals surface area contributed by atoms with Gasteiger partial charge in [0.25, 0.3) is 5.69 Å². The zero-order valence-electron chi connectivity index (χ0n) is 8.14. The van der Waals surface area contributed by atoms with E-state index >= 15 is 0 Å². The van der Waals surface area contributed by atoms with Gasteiger partial charge >= 0.3 is 6.18 Å². The highest BCUT2D eigenvalue weighted by Gasteiger charge is 2.33. The summed E-state index contributed by atoms with van der Waals surface area (Å²) in [7, 11) is 0. The summed E-state index contributed by atoms with van der Waals surface area (Å²) >= 11 is 2.94. The smallest absolute Gasteiger partial charge is 0.258 e. The Morgan fingerprint density at radius 2 is 2.00 bits per heavy atom. The quantitative estimate of drug-likeness (QED) is 0.473. The lowest BCUT2D eigenvalue weighted by Crippen LogP contribution is -2.08. The van der Waals surface area contributed by atoms with E-state index in [9.17, 15) is 23.3 Å². The Kier molecular flexibility index (Phi) is 3.57. The number of halogens is 4. The molecule has 1 aromatic carbocycles. The van der Waals surface area contributed by atoms with Crippen molar-refractivity contribution in [2.75, 3.05) is 0 Å². The second-order valence-electron chi connectivity index (χ2n) is 3.19. The van der Waals surface area contributed by atoms with Gasteiger partial charge < -0.3 is 0 Å². The first-order valence-corrected chi connectivity index (χ1v) is 5.30. The number of nitro groups is 1. The minimum atomic E-state index is -4.49. The van der Waals surface area contributed by atoms with E-state index in [1.807, 2.05) is 0 Å². The fourth-order valence-electron chi connectivity index (χ4n) is 1.38. The highest BCUT2D eigenvalue weighted by Crippen LogP contribution is 2.35. The molecule has 16 heavy (non-hydrogen) atoms. The molecule has 0 spiro atoms. The Hall–Kier alpha value is -1.11. The molecule has 7 heteroatoms. The fraction of sp³-hybridized carbons (Fsp3) is 0.333. The molecule has 0 aliphatic heterocycles. The van der Waals surface area contributed by atoms with Crippen LogP contribution in [-0.4, -0.2) is 4.92 Å². The topological polar surface area (TPSA) is 43.1 Å². The highest BCUT2D eigenvalue weighted by atomic mass is 79.9. The van der Waals surface area contributed by atoms with Gasteiger partial charge in [-0.15, -0.1) is 0 Å². The number of nitro benzene ring substituents is 1. The van der Waals surface area contributed by atoms with Gasteiger partial charge in [-0.25, -0.2) is 0 Å². The average molecular weight is 298 g/mol. The third kappa shape index (κ3) is 2.52. The average Bonchev–Trinajstić information content (AvgIpc) is 2.14. The van der Waals surface area contributed by atoms with Crippen LogP contribution in [0.4, 0.5) is 18.9 Å². The molecule has 0 atom stereocenters. The van der Waals surface area contributed by atoms with Crippen LogP contribution in [0.25, 0.3) is 0 Å². The first kappa shape index (κ1) is 13.0. The molecule has 0 radical (unpaired) electrons. The summed E-state index contributed by atoms with van der Waals surface area (Å²) in [5.41, 5.74) is -1.11. The van der Waals surface area contributed by atoms with Gasteiger partial charge in [-0.1, -0.05) is 15.9 Å². The van der Waals surface area contributed by atoms with Crippen molar-refractivity contribution < 1.29 is 18.1 Å². The Labute approximate surface area is 97.5 Å². The zero-order chi connectivity index (χ0) is 12.5. The van der Waals surface area contributed by atoms with Crippen molar-refractivity contribution in [1.82, 2.24) is 0 Å². The lowest BCUT2D eigenvalue weighted by molar-refractivity contribution is -0.386. The Bertz CT molecular complexity index is 431. The van der Waals surface area contributed by atoms with Crippen LogP contribution in [0.1, 0.15) is 16.7 Å². The standard InChI is InChI=1S/C9H7BrF3NO2/c1-5-2-7(9(11,12)13)3-6(4-10)8(5)14(15)16/h2-3H,4H2,1H3. The van der Waals surface area contributed by atoms with Crippen LogP contribution < -0.4 is 0 Å². The summed E-state index contributed by atoms with van der Waals surface area (Å²) in [6, 6.07) is 1.57. The number of alkyl halides is 4. The van der Waals surface area contributed by atoms with Crippen LogP contribution in [-0.2, 0) is 11.5 Å². The Morgan fingerprint density at radius 3 is 2.38 bits per heavy atom. The monoisotopic (exact) mass is 297 g/mol. The van der Waals surface area contributed by atoms with Crippen LogP contribution in [0.3, 0.4) is 0 Å². The molecule has 3 nitrogen and oxygen atoms in total. The van der Waals surface area contributed by atoms with Crippen molar-refractivity contribution >= 4 is 21.6 Å². The zero-order valence-corrected chi connectivity index (χ0v) is 9.72. The van der Waals surface area contributed by atoms with E-state index in [0.717, 1.165) is 12.1 Å². The largest absolute Gasteiger partial charge is 0.416 e. The molecule has 1 aromatic rings. The van der Waals surface area contributed by atoms with E-state index in [1.165, 1.54) is 6.92 Å². The number of hydrogen-bond acceptors (Lipinski definition) is 2. The summed E-state index contributed by atoms with van der Waals surface area (Å²) in [4.78, 5) is 9.99. The van der Waals surface area contributed by atoms with Crippen LogP contribution in [0.15, 0.2) is 12.1 Å². The van der Waals surface area contributed by atoms with Crippen molar-refractivity contribution in [3.63, 3.8) is 0 Å². The number of nitrogens with zero attached hydrogens (tertiary/aromatic N) is 1. The number of rotatable bonds is 2. The van der Waals surface area contributed by atoms with Crippen molar-refractivity contribution in [3.05, 3.63) is 38.9 Å². The third-order valence-corrected chi connectivity index (χ3v) is 2.64. The summed E-state index contributed by atoms with van der Waals surface area (Å²) in [6.07, 6.45) is -4.49. The normalized spacial score (nSPS) is 11.6. The molecule has 0 bridgehead atoms. The molecule has 0 aliphatic carbocycles. The first-order chi connectivity index (χ1) is 7.27. The van der Waals surface area contributed by atoms with E-state index in [-0.39, 0.29) is 22.1 Å². The predicted octanol–water partition coefficient (Wildman–Crippen LogP) is 3.82.